The summed E-state index contributed by atoms with van der Waals surface area (Å²) in [5, 5.41) is 4.21. The number of ether oxygens (including phenoxy) is 1. The van der Waals surface area contributed by atoms with Gasteiger partial charge in [-0.2, -0.15) is 0 Å². The molecular formula is C24H18N4OS. The van der Waals surface area contributed by atoms with E-state index in [0.29, 0.717) is 11.6 Å². The molecule has 0 radical (unpaired) electrons. The van der Waals surface area contributed by atoms with Gasteiger partial charge in [-0.1, -0.05) is 35.6 Å². The number of fused-ring (bicyclic) bond motifs is 1. The van der Waals surface area contributed by atoms with E-state index in [1.54, 1.807) is 17.5 Å². The van der Waals surface area contributed by atoms with Crippen LogP contribution in [0.2, 0.25) is 0 Å². The van der Waals surface area contributed by atoms with Crippen LogP contribution >= 0.6 is 11.3 Å². The number of nitrogens with one attached hydrogen (secondary N) is 1. The zero-order chi connectivity index (χ0) is 20.3. The largest absolute Gasteiger partial charge is 0.438 e. The lowest BCUT2D eigenvalue weighted by molar-refractivity contribution is 0.465. The van der Waals surface area contributed by atoms with E-state index in [9.17, 15) is 0 Å². The summed E-state index contributed by atoms with van der Waals surface area (Å²) in [5.41, 5.74) is 10.4. The Morgan fingerprint density at radius 3 is 2.43 bits per heavy atom. The fourth-order valence-electron chi connectivity index (χ4n) is 3.12. The number of benzene rings is 3. The third-order valence-electron chi connectivity index (χ3n) is 4.61. The molecule has 2 aromatic heterocycles. The molecule has 0 aliphatic carbocycles. The summed E-state index contributed by atoms with van der Waals surface area (Å²) in [5.74, 6) is 1.26. The highest BCUT2D eigenvalue weighted by Gasteiger charge is 2.09. The van der Waals surface area contributed by atoms with Crippen LogP contribution in [0.5, 0.6) is 11.6 Å². The fraction of sp³-hybridized carbons (Fsp3) is 0. The van der Waals surface area contributed by atoms with Crippen LogP contribution in [-0.4, -0.2) is 9.97 Å². The van der Waals surface area contributed by atoms with Crippen molar-refractivity contribution in [3.63, 3.8) is 0 Å². The van der Waals surface area contributed by atoms with Gasteiger partial charge in [0.05, 0.1) is 10.2 Å². The average Bonchev–Trinajstić information content (AvgIpc) is 3.18. The normalized spacial score (nSPS) is 10.8. The standard InChI is InChI=1S/C24H18N4OS/c25-17-9-7-16(8-10-17)20-4-3-15-26-23(20)29-19-13-11-18(12-14-19)27-24-28-21-5-1-2-6-22(21)30-24/h1-15H,25H2,(H,27,28). The van der Waals surface area contributed by atoms with Gasteiger partial charge < -0.3 is 15.8 Å². The van der Waals surface area contributed by atoms with Crippen molar-refractivity contribution in [2.24, 2.45) is 0 Å². The Morgan fingerprint density at radius 1 is 0.833 bits per heavy atom. The van der Waals surface area contributed by atoms with Crippen LogP contribution in [0.3, 0.4) is 0 Å². The number of para-hydroxylation sites is 1. The van der Waals surface area contributed by atoms with Gasteiger partial charge in [0.1, 0.15) is 5.75 Å². The highest BCUT2D eigenvalue weighted by atomic mass is 32.1. The van der Waals surface area contributed by atoms with E-state index in [0.717, 1.165) is 37.8 Å². The monoisotopic (exact) mass is 410 g/mol. The number of anilines is 3. The third kappa shape index (κ3) is 3.81. The molecule has 0 aliphatic rings. The third-order valence-corrected chi connectivity index (χ3v) is 5.56. The smallest absolute Gasteiger partial charge is 0.227 e. The second kappa shape index (κ2) is 7.85. The molecule has 0 aliphatic heterocycles. The van der Waals surface area contributed by atoms with Gasteiger partial charge in [-0.15, -0.1) is 0 Å². The lowest BCUT2D eigenvalue weighted by Gasteiger charge is -2.11. The van der Waals surface area contributed by atoms with Crippen molar-refractivity contribution in [2.45, 2.75) is 0 Å². The zero-order valence-corrected chi connectivity index (χ0v) is 16.8. The Hall–Kier alpha value is -3.90. The summed E-state index contributed by atoms with van der Waals surface area (Å²) in [6.45, 7) is 0. The van der Waals surface area contributed by atoms with Gasteiger partial charge in [-0.25, -0.2) is 9.97 Å². The minimum absolute atomic E-state index is 0.550. The van der Waals surface area contributed by atoms with Crippen LogP contribution in [0.25, 0.3) is 21.3 Å². The van der Waals surface area contributed by atoms with E-state index >= 15 is 0 Å². The molecule has 5 aromatic rings. The number of pyridine rings is 1. The van der Waals surface area contributed by atoms with Gasteiger partial charge in [-0.05, 0) is 66.2 Å². The lowest BCUT2D eigenvalue weighted by atomic mass is 10.1. The number of nitrogens with zero attached hydrogens (tertiary/aromatic N) is 2. The first-order chi connectivity index (χ1) is 14.7. The Labute approximate surface area is 177 Å². The second-order valence-electron chi connectivity index (χ2n) is 6.72. The highest BCUT2D eigenvalue weighted by molar-refractivity contribution is 7.22. The maximum Gasteiger partial charge on any atom is 0.227 e. The molecule has 0 spiro atoms. The molecule has 5 nitrogen and oxygen atoms in total. The van der Waals surface area contributed by atoms with Gasteiger partial charge in [-0.3, -0.25) is 0 Å². The molecule has 0 fully saturated rings. The number of rotatable bonds is 5. The van der Waals surface area contributed by atoms with Crippen molar-refractivity contribution in [3.8, 4) is 22.8 Å². The summed E-state index contributed by atoms with van der Waals surface area (Å²) >= 11 is 1.63. The quantitative estimate of drug-likeness (QED) is 0.325. The lowest BCUT2D eigenvalue weighted by Crippen LogP contribution is -1.93. The van der Waals surface area contributed by atoms with E-state index in [1.807, 2.05) is 78.9 Å². The molecule has 5 rings (SSSR count). The van der Waals surface area contributed by atoms with Crippen molar-refractivity contribution in [3.05, 3.63) is 91.1 Å². The van der Waals surface area contributed by atoms with Crippen molar-refractivity contribution >= 4 is 38.1 Å². The fourth-order valence-corrected chi connectivity index (χ4v) is 4.01. The first kappa shape index (κ1) is 18.1. The molecule has 0 saturated carbocycles. The van der Waals surface area contributed by atoms with E-state index in [1.165, 1.54) is 0 Å². The SMILES string of the molecule is Nc1ccc(-c2cccnc2Oc2ccc(Nc3nc4ccccc4s3)cc2)cc1. The predicted octanol–water partition coefficient (Wildman–Crippen LogP) is 6.48. The molecule has 6 heteroatoms. The molecule has 0 atom stereocenters. The molecule has 3 aromatic carbocycles. The molecule has 0 bridgehead atoms. The summed E-state index contributed by atoms with van der Waals surface area (Å²) in [7, 11) is 0. The topological polar surface area (TPSA) is 73.1 Å². The predicted molar refractivity (Wildman–Crippen MR) is 124 cm³/mol. The van der Waals surface area contributed by atoms with Crippen molar-refractivity contribution in [2.75, 3.05) is 11.1 Å². The van der Waals surface area contributed by atoms with E-state index < -0.39 is 0 Å². The number of hydrogen-bond acceptors (Lipinski definition) is 6. The summed E-state index contributed by atoms with van der Waals surface area (Å²) in [4.78, 5) is 9.02. The van der Waals surface area contributed by atoms with Crippen molar-refractivity contribution < 1.29 is 4.74 Å². The Morgan fingerprint density at radius 2 is 1.63 bits per heavy atom. The molecule has 0 saturated heterocycles. The number of hydrogen-bond donors (Lipinski definition) is 2. The van der Waals surface area contributed by atoms with Gasteiger partial charge in [0.25, 0.3) is 0 Å². The summed E-state index contributed by atoms with van der Waals surface area (Å²) < 4.78 is 7.22. The zero-order valence-electron chi connectivity index (χ0n) is 15.9. The Balaban J connectivity index is 1.35. The first-order valence-electron chi connectivity index (χ1n) is 9.46. The van der Waals surface area contributed by atoms with Crippen LogP contribution in [0.4, 0.5) is 16.5 Å². The van der Waals surface area contributed by atoms with E-state index in [4.69, 9.17) is 10.5 Å². The van der Waals surface area contributed by atoms with Crippen molar-refractivity contribution in [1.82, 2.24) is 9.97 Å². The summed E-state index contributed by atoms with van der Waals surface area (Å²) in [6, 6.07) is 27.4. The molecule has 30 heavy (non-hydrogen) atoms. The van der Waals surface area contributed by atoms with Gasteiger partial charge in [0, 0.05) is 23.1 Å². The average molecular weight is 411 g/mol. The van der Waals surface area contributed by atoms with Crippen LogP contribution in [0.15, 0.2) is 91.1 Å². The molecule has 0 amide bonds. The van der Waals surface area contributed by atoms with Gasteiger partial charge in [0.2, 0.25) is 5.88 Å². The van der Waals surface area contributed by atoms with Crippen LogP contribution < -0.4 is 15.8 Å². The van der Waals surface area contributed by atoms with Crippen LogP contribution in [0.1, 0.15) is 0 Å². The maximum atomic E-state index is 6.06. The first-order valence-corrected chi connectivity index (χ1v) is 10.3. The molecule has 146 valence electrons. The number of aromatic nitrogens is 2. The Bertz CT molecular complexity index is 1260. The number of nitrogen functional groups attached to an aromatic ring is 1. The van der Waals surface area contributed by atoms with Gasteiger partial charge in [0.15, 0.2) is 5.13 Å². The minimum atomic E-state index is 0.550. The Kier molecular flexibility index (Phi) is 4.75. The van der Waals surface area contributed by atoms with E-state index in [2.05, 4.69) is 21.4 Å². The second-order valence-corrected chi connectivity index (χ2v) is 7.75. The molecule has 0 unspecified atom stereocenters. The van der Waals surface area contributed by atoms with Crippen LogP contribution in [-0.2, 0) is 0 Å². The molecule has 2 heterocycles. The summed E-state index contributed by atoms with van der Waals surface area (Å²) in [6.07, 6.45) is 1.72. The minimum Gasteiger partial charge on any atom is -0.438 e. The van der Waals surface area contributed by atoms with E-state index in [-0.39, 0.29) is 0 Å². The number of nitrogens with two attached hydrogens (primary N) is 1. The highest BCUT2D eigenvalue weighted by Crippen LogP contribution is 2.33. The molecule has 3 N–H and O–H groups in total. The van der Waals surface area contributed by atoms with Crippen LogP contribution in [0, 0.1) is 0 Å². The maximum absolute atomic E-state index is 6.06. The van der Waals surface area contributed by atoms with Gasteiger partial charge >= 0.3 is 0 Å². The number of thiazole rings is 1. The molecular weight excluding hydrogens is 392 g/mol. The van der Waals surface area contributed by atoms with Crippen molar-refractivity contribution in [1.29, 1.82) is 0 Å².